The Morgan fingerprint density at radius 1 is 1.28 bits per heavy atom. The van der Waals surface area contributed by atoms with Crippen LogP contribution in [0.1, 0.15) is 19.4 Å². The van der Waals surface area contributed by atoms with Gasteiger partial charge in [-0.3, -0.25) is 9.69 Å². The summed E-state index contributed by atoms with van der Waals surface area (Å²) >= 11 is 1.45. The monoisotopic (exact) mass is 362 g/mol. The zero-order valence-corrected chi connectivity index (χ0v) is 15.6. The Kier molecular flexibility index (Phi) is 6.66. The van der Waals surface area contributed by atoms with Crippen molar-refractivity contribution in [1.29, 1.82) is 0 Å². The van der Waals surface area contributed by atoms with Gasteiger partial charge in [-0.1, -0.05) is 35.6 Å². The molecule has 7 heteroatoms. The number of carbonyl (C=O) groups is 2. The second-order valence-electron chi connectivity index (χ2n) is 5.45. The van der Waals surface area contributed by atoms with E-state index in [1.807, 2.05) is 31.2 Å². The molecule has 0 bridgehead atoms. The van der Waals surface area contributed by atoms with Gasteiger partial charge >= 0.3 is 5.97 Å². The minimum atomic E-state index is -0.597. The highest BCUT2D eigenvalue weighted by Crippen LogP contribution is 2.31. The van der Waals surface area contributed by atoms with Crippen molar-refractivity contribution in [1.82, 2.24) is 4.98 Å². The summed E-state index contributed by atoms with van der Waals surface area (Å²) in [6.45, 7) is 3.80. The molecule has 1 heterocycles. The SMILES string of the molecule is CCOC(Cc1ccc(-c2cnc(N(C)C(C)=O)s2)cc1)C(=O)OC. The minimum absolute atomic E-state index is 0.0546. The van der Waals surface area contributed by atoms with Crippen LogP contribution >= 0.6 is 11.3 Å². The number of ether oxygens (including phenoxy) is 2. The predicted molar refractivity (Wildman–Crippen MR) is 97.8 cm³/mol. The molecule has 2 rings (SSSR count). The Bertz CT molecular complexity index is 727. The van der Waals surface area contributed by atoms with Crippen molar-refractivity contribution in [2.45, 2.75) is 26.4 Å². The molecule has 0 saturated heterocycles. The van der Waals surface area contributed by atoms with Crippen LogP contribution < -0.4 is 4.90 Å². The van der Waals surface area contributed by atoms with E-state index in [4.69, 9.17) is 9.47 Å². The highest BCUT2D eigenvalue weighted by molar-refractivity contribution is 7.19. The fraction of sp³-hybridized carbons (Fsp3) is 0.389. The number of amides is 1. The molecule has 134 valence electrons. The molecular formula is C18H22N2O4S. The van der Waals surface area contributed by atoms with E-state index in [0.717, 1.165) is 16.0 Å². The van der Waals surface area contributed by atoms with Crippen molar-refractivity contribution in [3.63, 3.8) is 0 Å². The lowest BCUT2D eigenvalue weighted by Crippen LogP contribution is -2.28. The summed E-state index contributed by atoms with van der Waals surface area (Å²) in [5.41, 5.74) is 1.99. The standard InChI is InChI=1S/C18H22N2O4S/c1-5-24-15(17(22)23-4)10-13-6-8-14(9-7-13)16-11-19-18(25-16)20(3)12(2)21/h6-9,11,15H,5,10H2,1-4H3. The van der Waals surface area contributed by atoms with Crippen molar-refractivity contribution >= 4 is 28.3 Å². The van der Waals surface area contributed by atoms with Crippen LogP contribution in [0.2, 0.25) is 0 Å². The van der Waals surface area contributed by atoms with Crippen molar-refractivity contribution < 1.29 is 19.1 Å². The number of methoxy groups -OCH3 is 1. The Morgan fingerprint density at radius 2 is 1.96 bits per heavy atom. The van der Waals surface area contributed by atoms with Gasteiger partial charge in [-0.05, 0) is 18.1 Å². The maximum Gasteiger partial charge on any atom is 0.335 e. The number of thiazole rings is 1. The first-order chi connectivity index (χ1) is 12.0. The van der Waals surface area contributed by atoms with E-state index in [1.54, 1.807) is 13.2 Å². The van der Waals surface area contributed by atoms with Crippen LogP contribution in [0.15, 0.2) is 30.5 Å². The average Bonchev–Trinajstić information content (AvgIpc) is 3.10. The van der Waals surface area contributed by atoms with Crippen LogP contribution in [0.5, 0.6) is 0 Å². The molecular weight excluding hydrogens is 340 g/mol. The van der Waals surface area contributed by atoms with Crippen LogP contribution in [-0.4, -0.2) is 43.7 Å². The third-order valence-electron chi connectivity index (χ3n) is 3.74. The lowest BCUT2D eigenvalue weighted by atomic mass is 10.1. The molecule has 1 aromatic heterocycles. The molecule has 1 atom stereocenters. The van der Waals surface area contributed by atoms with Gasteiger partial charge in [0.1, 0.15) is 0 Å². The average molecular weight is 362 g/mol. The molecule has 0 aliphatic carbocycles. The van der Waals surface area contributed by atoms with Crippen LogP contribution in [-0.2, 0) is 25.5 Å². The number of benzene rings is 1. The number of esters is 1. The normalized spacial score (nSPS) is 11.8. The van der Waals surface area contributed by atoms with Crippen LogP contribution in [0.25, 0.3) is 10.4 Å². The van der Waals surface area contributed by atoms with Gasteiger partial charge in [-0.2, -0.15) is 0 Å². The molecule has 25 heavy (non-hydrogen) atoms. The third-order valence-corrected chi connectivity index (χ3v) is 4.87. The smallest absolute Gasteiger partial charge is 0.335 e. The molecule has 6 nitrogen and oxygen atoms in total. The fourth-order valence-corrected chi connectivity index (χ4v) is 3.18. The van der Waals surface area contributed by atoms with Gasteiger partial charge in [0.05, 0.1) is 12.0 Å². The largest absolute Gasteiger partial charge is 0.467 e. The summed E-state index contributed by atoms with van der Waals surface area (Å²) in [7, 11) is 3.06. The van der Waals surface area contributed by atoms with Gasteiger partial charge in [0.25, 0.3) is 0 Å². The van der Waals surface area contributed by atoms with Gasteiger partial charge in [0, 0.05) is 33.2 Å². The van der Waals surface area contributed by atoms with Crippen LogP contribution in [0.3, 0.4) is 0 Å². The Labute approximate surface area is 151 Å². The molecule has 0 aliphatic heterocycles. The van der Waals surface area contributed by atoms with E-state index in [-0.39, 0.29) is 11.9 Å². The molecule has 1 unspecified atom stereocenters. The molecule has 0 aliphatic rings. The molecule has 2 aromatic rings. The highest BCUT2D eigenvalue weighted by atomic mass is 32.1. The second kappa shape index (κ2) is 8.73. The number of nitrogens with zero attached hydrogens (tertiary/aromatic N) is 2. The van der Waals surface area contributed by atoms with E-state index >= 15 is 0 Å². The zero-order valence-electron chi connectivity index (χ0n) is 14.8. The number of aromatic nitrogens is 1. The summed E-state index contributed by atoms with van der Waals surface area (Å²) in [6, 6.07) is 7.86. The molecule has 0 radical (unpaired) electrons. The Balaban J connectivity index is 2.11. The van der Waals surface area contributed by atoms with Crippen molar-refractivity contribution in [3.8, 4) is 10.4 Å². The Hall–Kier alpha value is -2.25. The highest BCUT2D eigenvalue weighted by Gasteiger charge is 2.20. The van der Waals surface area contributed by atoms with Gasteiger partial charge < -0.3 is 9.47 Å². The first-order valence-electron chi connectivity index (χ1n) is 7.95. The molecule has 0 fully saturated rings. The van der Waals surface area contributed by atoms with E-state index in [9.17, 15) is 9.59 Å². The summed E-state index contributed by atoms with van der Waals surface area (Å²) < 4.78 is 10.2. The van der Waals surface area contributed by atoms with E-state index < -0.39 is 6.10 Å². The number of hydrogen-bond donors (Lipinski definition) is 0. The fourth-order valence-electron chi connectivity index (χ4n) is 2.25. The van der Waals surface area contributed by atoms with E-state index in [1.165, 1.54) is 30.3 Å². The summed E-state index contributed by atoms with van der Waals surface area (Å²) in [6.07, 6.45) is 1.62. The first kappa shape index (κ1) is 19.1. The quantitative estimate of drug-likeness (QED) is 0.709. The van der Waals surface area contributed by atoms with E-state index in [2.05, 4.69) is 4.98 Å². The minimum Gasteiger partial charge on any atom is -0.467 e. The summed E-state index contributed by atoms with van der Waals surface area (Å²) in [5, 5.41) is 0.661. The number of hydrogen-bond acceptors (Lipinski definition) is 6. The van der Waals surface area contributed by atoms with Gasteiger partial charge in [0.15, 0.2) is 11.2 Å². The van der Waals surface area contributed by atoms with Gasteiger partial charge in [-0.15, -0.1) is 0 Å². The van der Waals surface area contributed by atoms with Crippen LogP contribution in [0, 0.1) is 0 Å². The first-order valence-corrected chi connectivity index (χ1v) is 8.76. The number of carbonyl (C=O) groups excluding carboxylic acids is 2. The molecule has 1 aromatic carbocycles. The molecule has 0 N–H and O–H groups in total. The van der Waals surface area contributed by atoms with E-state index in [0.29, 0.717) is 18.2 Å². The zero-order chi connectivity index (χ0) is 18.4. The molecule has 0 spiro atoms. The van der Waals surface area contributed by atoms with Crippen molar-refractivity contribution in [2.24, 2.45) is 0 Å². The van der Waals surface area contributed by atoms with Crippen molar-refractivity contribution in [3.05, 3.63) is 36.0 Å². The molecule has 1 amide bonds. The molecule has 0 saturated carbocycles. The maximum absolute atomic E-state index is 11.7. The Morgan fingerprint density at radius 3 is 2.52 bits per heavy atom. The lowest BCUT2D eigenvalue weighted by Gasteiger charge is -2.14. The number of anilines is 1. The lowest BCUT2D eigenvalue weighted by molar-refractivity contribution is -0.153. The predicted octanol–water partition coefficient (Wildman–Crippen LogP) is 2.91. The van der Waals surface area contributed by atoms with Gasteiger partial charge in [-0.25, -0.2) is 9.78 Å². The summed E-state index contributed by atoms with van der Waals surface area (Å²) in [4.78, 5) is 29.9. The summed E-state index contributed by atoms with van der Waals surface area (Å²) in [5.74, 6) is -0.425. The maximum atomic E-state index is 11.7. The van der Waals surface area contributed by atoms with Crippen LogP contribution in [0.4, 0.5) is 5.13 Å². The number of rotatable bonds is 7. The van der Waals surface area contributed by atoms with Gasteiger partial charge in [0.2, 0.25) is 5.91 Å². The second-order valence-corrected chi connectivity index (χ2v) is 6.46. The third kappa shape index (κ3) is 4.87. The van der Waals surface area contributed by atoms with Crippen molar-refractivity contribution in [2.75, 3.05) is 25.7 Å². The topological polar surface area (TPSA) is 68.7 Å².